The molecule has 7 nitrogen and oxygen atoms in total. The van der Waals surface area contributed by atoms with E-state index in [2.05, 4.69) is 32.2 Å². The van der Waals surface area contributed by atoms with Crippen LogP contribution in [0.15, 0.2) is 66.9 Å². The molecule has 1 aromatic heterocycles. The third-order valence-corrected chi connectivity index (χ3v) is 5.81. The van der Waals surface area contributed by atoms with Gasteiger partial charge in [-0.05, 0) is 60.5 Å². The molecule has 3 aromatic rings. The molecular weight excluding hydrogens is 416 g/mol. The fraction of sp³-hybridized carbons (Fsp3) is 0.308. The van der Waals surface area contributed by atoms with Gasteiger partial charge in [-0.25, -0.2) is 4.98 Å². The van der Waals surface area contributed by atoms with Gasteiger partial charge < -0.3 is 19.7 Å². The molecule has 1 amide bonds. The Balaban J connectivity index is 1.32. The van der Waals surface area contributed by atoms with Gasteiger partial charge in [0.1, 0.15) is 17.3 Å². The zero-order chi connectivity index (χ0) is 23.0. The lowest BCUT2D eigenvalue weighted by Gasteiger charge is -2.23. The Morgan fingerprint density at radius 1 is 0.939 bits per heavy atom. The monoisotopic (exact) mass is 446 g/mol. The van der Waals surface area contributed by atoms with Crippen molar-refractivity contribution < 1.29 is 14.3 Å². The van der Waals surface area contributed by atoms with Gasteiger partial charge in [0, 0.05) is 38.3 Å². The Morgan fingerprint density at radius 3 is 2.48 bits per heavy atom. The maximum absolute atomic E-state index is 12.5. The number of aromatic nitrogens is 1. The fourth-order valence-electron chi connectivity index (χ4n) is 3.98. The van der Waals surface area contributed by atoms with Gasteiger partial charge in [0.2, 0.25) is 0 Å². The van der Waals surface area contributed by atoms with Crippen molar-refractivity contribution in [1.29, 1.82) is 0 Å². The zero-order valence-corrected chi connectivity index (χ0v) is 19.2. The van der Waals surface area contributed by atoms with E-state index in [0.717, 1.165) is 56.5 Å². The van der Waals surface area contributed by atoms with E-state index >= 15 is 0 Å². The Bertz CT molecular complexity index is 1050. The minimum Gasteiger partial charge on any atom is -0.497 e. The molecule has 1 aliphatic rings. The van der Waals surface area contributed by atoms with E-state index in [9.17, 15) is 4.79 Å². The van der Waals surface area contributed by atoms with Gasteiger partial charge in [-0.2, -0.15) is 0 Å². The van der Waals surface area contributed by atoms with Gasteiger partial charge in [-0.1, -0.05) is 12.1 Å². The first-order valence-corrected chi connectivity index (χ1v) is 11.2. The van der Waals surface area contributed by atoms with Crippen LogP contribution < -0.4 is 19.7 Å². The first-order valence-electron chi connectivity index (χ1n) is 11.2. The summed E-state index contributed by atoms with van der Waals surface area (Å²) in [4.78, 5) is 21.9. The Labute approximate surface area is 195 Å². The van der Waals surface area contributed by atoms with E-state index in [1.54, 1.807) is 44.7 Å². The van der Waals surface area contributed by atoms with Crippen molar-refractivity contribution in [1.82, 2.24) is 9.88 Å². The van der Waals surface area contributed by atoms with Gasteiger partial charge in [0.15, 0.2) is 0 Å². The molecule has 2 aromatic carbocycles. The quantitative estimate of drug-likeness (QED) is 0.590. The molecule has 4 rings (SSSR count). The number of hydrogen-bond acceptors (Lipinski definition) is 6. The average Bonchev–Trinajstić information content (AvgIpc) is 3.10. The molecule has 1 saturated heterocycles. The van der Waals surface area contributed by atoms with Gasteiger partial charge in [0.05, 0.1) is 26.1 Å². The Hall–Kier alpha value is -3.58. The molecule has 0 unspecified atom stereocenters. The molecule has 0 saturated carbocycles. The van der Waals surface area contributed by atoms with Gasteiger partial charge in [0.25, 0.3) is 5.91 Å². The number of carbonyl (C=O) groups excluding carboxylic acids is 1. The lowest BCUT2D eigenvalue weighted by atomic mass is 10.2. The lowest BCUT2D eigenvalue weighted by molar-refractivity contribution is 0.102. The highest BCUT2D eigenvalue weighted by atomic mass is 16.5. The second kappa shape index (κ2) is 10.8. The number of carbonyl (C=O) groups is 1. The van der Waals surface area contributed by atoms with Crippen LogP contribution in [0.5, 0.6) is 11.5 Å². The van der Waals surface area contributed by atoms with Crippen molar-refractivity contribution in [3.8, 4) is 11.5 Å². The summed E-state index contributed by atoms with van der Waals surface area (Å²) in [5, 5.41) is 2.90. The molecule has 172 valence electrons. The van der Waals surface area contributed by atoms with E-state index in [1.165, 1.54) is 5.56 Å². The normalized spacial score (nSPS) is 14.4. The number of ether oxygens (including phenoxy) is 2. The molecule has 33 heavy (non-hydrogen) atoms. The van der Waals surface area contributed by atoms with Crippen molar-refractivity contribution in [3.63, 3.8) is 0 Å². The van der Waals surface area contributed by atoms with Crippen molar-refractivity contribution in [2.24, 2.45) is 0 Å². The summed E-state index contributed by atoms with van der Waals surface area (Å²) in [5.41, 5.74) is 2.51. The van der Waals surface area contributed by atoms with Crippen LogP contribution in [-0.2, 0) is 6.54 Å². The van der Waals surface area contributed by atoms with E-state index in [1.807, 2.05) is 24.3 Å². The van der Waals surface area contributed by atoms with Gasteiger partial charge in [-0.15, -0.1) is 0 Å². The zero-order valence-electron chi connectivity index (χ0n) is 19.2. The van der Waals surface area contributed by atoms with Crippen LogP contribution in [0.1, 0.15) is 22.3 Å². The number of nitrogens with zero attached hydrogens (tertiary/aromatic N) is 3. The Morgan fingerprint density at radius 2 is 1.76 bits per heavy atom. The van der Waals surface area contributed by atoms with Crippen LogP contribution >= 0.6 is 0 Å². The molecule has 0 spiro atoms. The predicted octanol–water partition coefficient (Wildman–Crippen LogP) is 4.06. The van der Waals surface area contributed by atoms with Crippen molar-refractivity contribution in [3.05, 3.63) is 78.0 Å². The van der Waals surface area contributed by atoms with E-state index < -0.39 is 0 Å². The van der Waals surface area contributed by atoms with Crippen LogP contribution in [0.2, 0.25) is 0 Å². The van der Waals surface area contributed by atoms with Crippen LogP contribution in [-0.4, -0.2) is 56.2 Å². The molecule has 0 aliphatic carbocycles. The third-order valence-electron chi connectivity index (χ3n) is 5.81. The predicted molar refractivity (Wildman–Crippen MR) is 130 cm³/mol. The molecule has 7 heteroatoms. The number of pyridine rings is 1. The fourth-order valence-corrected chi connectivity index (χ4v) is 3.98. The summed E-state index contributed by atoms with van der Waals surface area (Å²) in [6.07, 6.45) is 2.79. The molecule has 0 bridgehead atoms. The first kappa shape index (κ1) is 22.6. The smallest absolute Gasteiger partial charge is 0.255 e. The van der Waals surface area contributed by atoms with E-state index in [-0.39, 0.29) is 5.91 Å². The van der Waals surface area contributed by atoms with E-state index in [4.69, 9.17) is 9.47 Å². The molecule has 0 atom stereocenters. The maximum Gasteiger partial charge on any atom is 0.255 e. The molecule has 0 radical (unpaired) electrons. The largest absolute Gasteiger partial charge is 0.497 e. The van der Waals surface area contributed by atoms with Crippen molar-refractivity contribution in [2.75, 3.05) is 50.6 Å². The second-order valence-electron chi connectivity index (χ2n) is 8.06. The lowest BCUT2D eigenvalue weighted by Crippen LogP contribution is -2.31. The SMILES string of the molecule is COc1ccc(C(=O)Nc2ccc(N3CCCN(Cc4cccc(OC)c4)CC3)nc2)cc1. The number of methoxy groups -OCH3 is 2. The van der Waals surface area contributed by atoms with Crippen LogP contribution in [0, 0.1) is 0 Å². The maximum atomic E-state index is 12.5. The number of hydrogen-bond donors (Lipinski definition) is 1. The summed E-state index contributed by atoms with van der Waals surface area (Å²) >= 11 is 0. The minimum absolute atomic E-state index is 0.171. The van der Waals surface area contributed by atoms with Crippen LogP contribution in [0.4, 0.5) is 11.5 Å². The number of benzene rings is 2. The molecule has 1 N–H and O–H groups in total. The third kappa shape index (κ3) is 6.02. The topological polar surface area (TPSA) is 66.9 Å². The summed E-state index contributed by atoms with van der Waals surface area (Å²) in [7, 11) is 3.30. The number of rotatable bonds is 7. The summed E-state index contributed by atoms with van der Waals surface area (Å²) < 4.78 is 10.5. The first-order chi connectivity index (χ1) is 16.1. The van der Waals surface area contributed by atoms with Crippen molar-refractivity contribution in [2.45, 2.75) is 13.0 Å². The van der Waals surface area contributed by atoms with E-state index in [0.29, 0.717) is 11.3 Å². The summed E-state index contributed by atoms with van der Waals surface area (Å²) in [6.45, 7) is 4.79. The number of amides is 1. The van der Waals surface area contributed by atoms with Gasteiger partial charge >= 0.3 is 0 Å². The minimum atomic E-state index is -0.171. The number of anilines is 2. The molecule has 2 heterocycles. The average molecular weight is 447 g/mol. The standard InChI is InChI=1S/C26H30N4O3/c1-32-23-10-7-21(8-11-23)26(31)28-22-9-12-25(27-18-22)30-14-4-13-29(15-16-30)19-20-5-3-6-24(17-20)33-2/h3,5-12,17-18H,4,13-16,19H2,1-2H3,(H,28,31). The second-order valence-corrected chi connectivity index (χ2v) is 8.06. The van der Waals surface area contributed by atoms with Crippen LogP contribution in [0.25, 0.3) is 0 Å². The molecular formula is C26H30N4O3. The highest BCUT2D eigenvalue weighted by molar-refractivity contribution is 6.04. The van der Waals surface area contributed by atoms with Gasteiger partial charge in [-0.3, -0.25) is 9.69 Å². The Kier molecular flexibility index (Phi) is 7.42. The highest BCUT2D eigenvalue weighted by Crippen LogP contribution is 2.19. The number of nitrogens with one attached hydrogen (secondary N) is 1. The molecule has 1 aliphatic heterocycles. The van der Waals surface area contributed by atoms with Crippen molar-refractivity contribution >= 4 is 17.4 Å². The summed E-state index contributed by atoms with van der Waals surface area (Å²) in [5.74, 6) is 2.38. The summed E-state index contributed by atoms with van der Waals surface area (Å²) in [6, 6.07) is 19.2. The molecule has 1 fully saturated rings. The van der Waals surface area contributed by atoms with Crippen LogP contribution in [0.3, 0.4) is 0 Å². The highest BCUT2D eigenvalue weighted by Gasteiger charge is 2.17.